The molecule has 0 unspecified atom stereocenters. The lowest BCUT2D eigenvalue weighted by Gasteiger charge is -2.24. The van der Waals surface area contributed by atoms with E-state index in [0.29, 0.717) is 17.5 Å². The standard InChI is InChI=1S/C14H16N8O/c1-9-16-18-13(23-9)14-4-2-3-10(14)7-21(8-14)11-12-17-19-20-22(12)6-5-15-11/h5-6,10H,2-4,7-8H2,1H3/t10-,14-/m0/s1. The highest BCUT2D eigenvalue weighted by Gasteiger charge is 2.54. The van der Waals surface area contributed by atoms with E-state index in [1.807, 2.05) is 6.92 Å². The van der Waals surface area contributed by atoms with E-state index in [0.717, 1.165) is 31.2 Å². The first-order valence-electron chi connectivity index (χ1n) is 7.84. The largest absolute Gasteiger partial charge is 0.425 e. The number of fused-ring (bicyclic) bond motifs is 2. The fourth-order valence-electron chi connectivity index (χ4n) is 4.19. The molecule has 5 rings (SSSR count). The Kier molecular flexibility index (Phi) is 2.51. The summed E-state index contributed by atoms with van der Waals surface area (Å²) < 4.78 is 7.47. The van der Waals surface area contributed by atoms with E-state index in [-0.39, 0.29) is 5.41 Å². The van der Waals surface area contributed by atoms with Crippen LogP contribution in [0.2, 0.25) is 0 Å². The molecule has 4 heterocycles. The molecule has 1 aliphatic heterocycles. The number of hydrogen-bond acceptors (Lipinski definition) is 8. The van der Waals surface area contributed by atoms with Crippen molar-refractivity contribution >= 4 is 11.5 Å². The van der Waals surface area contributed by atoms with Gasteiger partial charge >= 0.3 is 0 Å². The van der Waals surface area contributed by atoms with Crippen molar-refractivity contribution in [1.29, 1.82) is 0 Å². The van der Waals surface area contributed by atoms with E-state index >= 15 is 0 Å². The average Bonchev–Trinajstić information content (AvgIpc) is 3.28. The van der Waals surface area contributed by atoms with Gasteiger partial charge < -0.3 is 9.32 Å². The molecule has 1 saturated heterocycles. The third-order valence-electron chi connectivity index (χ3n) is 5.22. The Morgan fingerprint density at radius 2 is 2.26 bits per heavy atom. The van der Waals surface area contributed by atoms with Crippen LogP contribution in [0, 0.1) is 12.8 Å². The molecule has 2 atom stereocenters. The van der Waals surface area contributed by atoms with Gasteiger partial charge in [0, 0.05) is 26.2 Å². The molecule has 2 fully saturated rings. The van der Waals surface area contributed by atoms with E-state index in [1.165, 1.54) is 12.8 Å². The maximum Gasteiger partial charge on any atom is 0.224 e. The Morgan fingerprint density at radius 3 is 3.13 bits per heavy atom. The van der Waals surface area contributed by atoms with Gasteiger partial charge in [-0.15, -0.1) is 15.3 Å². The van der Waals surface area contributed by atoms with E-state index in [4.69, 9.17) is 4.42 Å². The molecule has 1 saturated carbocycles. The van der Waals surface area contributed by atoms with Gasteiger partial charge in [0.15, 0.2) is 5.82 Å². The Morgan fingerprint density at radius 1 is 1.30 bits per heavy atom. The van der Waals surface area contributed by atoms with Crippen LogP contribution in [0.15, 0.2) is 16.8 Å². The molecule has 0 aromatic carbocycles. The minimum Gasteiger partial charge on any atom is -0.425 e. The summed E-state index contributed by atoms with van der Waals surface area (Å²) >= 11 is 0. The smallest absolute Gasteiger partial charge is 0.224 e. The Hall–Kier alpha value is -2.58. The summed E-state index contributed by atoms with van der Waals surface area (Å²) in [4.78, 5) is 6.77. The van der Waals surface area contributed by atoms with Crippen molar-refractivity contribution in [3.8, 4) is 0 Å². The van der Waals surface area contributed by atoms with Gasteiger partial charge in [-0.05, 0) is 29.2 Å². The highest BCUT2D eigenvalue weighted by Crippen LogP contribution is 2.50. The molecule has 2 aliphatic rings. The van der Waals surface area contributed by atoms with Gasteiger partial charge in [0.25, 0.3) is 0 Å². The van der Waals surface area contributed by atoms with E-state index in [9.17, 15) is 0 Å². The Balaban J connectivity index is 1.57. The van der Waals surface area contributed by atoms with Crippen molar-refractivity contribution in [3.63, 3.8) is 0 Å². The number of tetrazole rings is 1. The molecule has 9 nitrogen and oxygen atoms in total. The summed E-state index contributed by atoms with van der Waals surface area (Å²) in [7, 11) is 0. The molecule has 0 N–H and O–H groups in total. The van der Waals surface area contributed by atoms with Gasteiger partial charge in [-0.1, -0.05) is 6.42 Å². The lowest BCUT2D eigenvalue weighted by atomic mass is 9.80. The van der Waals surface area contributed by atoms with Crippen LogP contribution in [-0.2, 0) is 5.41 Å². The van der Waals surface area contributed by atoms with Crippen LogP contribution >= 0.6 is 0 Å². The molecule has 3 aromatic rings. The molecule has 118 valence electrons. The lowest BCUT2D eigenvalue weighted by Crippen LogP contribution is -2.32. The minimum absolute atomic E-state index is 0.0662. The zero-order valence-electron chi connectivity index (χ0n) is 12.8. The first kappa shape index (κ1) is 12.9. The number of anilines is 1. The summed E-state index contributed by atoms with van der Waals surface area (Å²) in [6, 6.07) is 0. The zero-order valence-corrected chi connectivity index (χ0v) is 12.8. The summed E-state index contributed by atoms with van der Waals surface area (Å²) in [5, 5.41) is 20.2. The van der Waals surface area contributed by atoms with Crippen LogP contribution in [0.25, 0.3) is 5.65 Å². The predicted molar refractivity (Wildman–Crippen MR) is 78.8 cm³/mol. The van der Waals surface area contributed by atoms with E-state index in [2.05, 4.69) is 35.6 Å². The molecular weight excluding hydrogens is 296 g/mol. The maximum atomic E-state index is 5.81. The normalized spacial score (nSPS) is 27.0. The zero-order chi connectivity index (χ0) is 15.4. The number of nitrogens with zero attached hydrogens (tertiary/aromatic N) is 8. The monoisotopic (exact) mass is 312 g/mol. The van der Waals surface area contributed by atoms with Crippen LogP contribution < -0.4 is 4.90 Å². The predicted octanol–water partition coefficient (Wildman–Crippen LogP) is 0.769. The molecule has 0 radical (unpaired) electrons. The fourth-order valence-corrected chi connectivity index (χ4v) is 4.19. The Labute approximate surface area is 131 Å². The van der Waals surface area contributed by atoms with Crippen molar-refractivity contribution in [2.45, 2.75) is 31.6 Å². The van der Waals surface area contributed by atoms with E-state index in [1.54, 1.807) is 16.9 Å². The molecule has 23 heavy (non-hydrogen) atoms. The van der Waals surface area contributed by atoms with Gasteiger partial charge in [0.1, 0.15) is 0 Å². The molecular formula is C14H16N8O. The summed E-state index contributed by atoms with van der Waals surface area (Å²) in [6.45, 7) is 3.58. The highest BCUT2D eigenvalue weighted by atomic mass is 16.4. The SMILES string of the molecule is Cc1nnc([C@]23CCC[C@H]2CN(c2nccn4nnnc24)C3)o1. The van der Waals surface area contributed by atoms with Crippen molar-refractivity contribution in [2.24, 2.45) is 5.92 Å². The first-order chi connectivity index (χ1) is 11.3. The van der Waals surface area contributed by atoms with Crippen LogP contribution in [0.4, 0.5) is 5.82 Å². The third-order valence-corrected chi connectivity index (χ3v) is 5.22. The topological polar surface area (TPSA) is 98.1 Å². The highest BCUT2D eigenvalue weighted by molar-refractivity contribution is 5.63. The van der Waals surface area contributed by atoms with Crippen LogP contribution in [0.5, 0.6) is 0 Å². The second kappa shape index (κ2) is 4.46. The number of aromatic nitrogens is 7. The van der Waals surface area contributed by atoms with Crippen LogP contribution in [0.1, 0.15) is 31.0 Å². The molecule has 0 bridgehead atoms. The molecule has 9 heteroatoms. The number of rotatable bonds is 2. The van der Waals surface area contributed by atoms with Gasteiger partial charge in [-0.3, -0.25) is 0 Å². The molecule has 1 aliphatic carbocycles. The van der Waals surface area contributed by atoms with Gasteiger partial charge in [0.05, 0.1) is 11.6 Å². The average molecular weight is 312 g/mol. The Bertz CT molecular complexity index is 872. The molecule has 0 amide bonds. The molecule has 0 spiro atoms. The third kappa shape index (κ3) is 1.73. The fraction of sp³-hybridized carbons (Fsp3) is 0.571. The second-order valence-electron chi connectivity index (χ2n) is 6.45. The van der Waals surface area contributed by atoms with Gasteiger partial charge in [-0.25, -0.2) is 4.98 Å². The number of hydrogen-bond donors (Lipinski definition) is 0. The van der Waals surface area contributed by atoms with Gasteiger partial charge in [-0.2, -0.15) is 4.52 Å². The van der Waals surface area contributed by atoms with Crippen molar-refractivity contribution < 1.29 is 4.42 Å². The first-order valence-corrected chi connectivity index (χ1v) is 7.84. The number of aryl methyl sites for hydroxylation is 1. The van der Waals surface area contributed by atoms with E-state index < -0.39 is 0 Å². The van der Waals surface area contributed by atoms with Crippen LogP contribution in [0.3, 0.4) is 0 Å². The van der Waals surface area contributed by atoms with Crippen molar-refractivity contribution in [3.05, 3.63) is 24.2 Å². The quantitative estimate of drug-likeness (QED) is 0.684. The summed E-state index contributed by atoms with van der Waals surface area (Å²) in [5.74, 6) is 2.72. The van der Waals surface area contributed by atoms with Crippen molar-refractivity contribution in [2.75, 3.05) is 18.0 Å². The lowest BCUT2D eigenvalue weighted by molar-refractivity contribution is 0.299. The summed E-state index contributed by atoms with van der Waals surface area (Å²) in [5.41, 5.74) is 0.618. The van der Waals surface area contributed by atoms with Crippen molar-refractivity contribution in [1.82, 2.24) is 35.2 Å². The van der Waals surface area contributed by atoms with Crippen LogP contribution in [-0.4, -0.2) is 48.3 Å². The second-order valence-corrected chi connectivity index (χ2v) is 6.45. The maximum absolute atomic E-state index is 5.81. The summed E-state index contributed by atoms with van der Waals surface area (Å²) in [6.07, 6.45) is 6.93. The van der Waals surface area contributed by atoms with Gasteiger partial charge in [0.2, 0.25) is 17.4 Å². The minimum atomic E-state index is -0.0662. The molecule has 3 aromatic heterocycles.